The van der Waals surface area contributed by atoms with Crippen LogP contribution in [0.5, 0.6) is 28.7 Å². The van der Waals surface area contributed by atoms with Crippen LogP contribution in [0.25, 0.3) is 0 Å². The van der Waals surface area contributed by atoms with E-state index in [2.05, 4.69) is 24.3 Å². The zero-order valence-corrected chi connectivity index (χ0v) is 20.5. The molecule has 0 aromatic heterocycles. The topological polar surface area (TPSA) is 98.7 Å². The van der Waals surface area contributed by atoms with Crippen molar-refractivity contribution < 1.29 is 33.6 Å². The molecule has 1 saturated heterocycles. The van der Waals surface area contributed by atoms with E-state index in [-0.39, 0.29) is 47.9 Å². The number of nitrogens with zero attached hydrogens (tertiary/aromatic N) is 1. The zero-order valence-electron chi connectivity index (χ0n) is 20.5. The van der Waals surface area contributed by atoms with Gasteiger partial charge in [-0.3, -0.25) is 4.79 Å². The van der Waals surface area contributed by atoms with Crippen LogP contribution in [0.1, 0.15) is 35.1 Å². The molecule has 4 atom stereocenters. The monoisotopic (exact) mass is 484 g/mol. The number of nitrogens with one attached hydrogen (secondary N) is 1. The van der Waals surface area contributed by atoms with Crippen molar-refractivity contribution in [2.45, 2.75) is 18.4 Å². The number of benzene rings is 2. The maximum atomic E-state index is 13.2. The molecule has 9 nitrogen and oxygen atoms in total. The van der Waals surface area contributed by atoms with E-state index >= 15 is 0 Å². The number of phenols is 1. The number of fused-ring (bicyclic) bond motifs is 3. The van der Waals surface area contributed by atoms with Crippen LogP contribution in [0.2, 0.25) is 0 Å². The Kier molecular flexibility index (Phi) is 6.37. The minimum atomic E-state index is -0.409. The minimum Gasteiger partial charge on any atom is -0.502 e. The first-order chi connectivity index (χ1) is 16.9. The van der Waals surface area contributed by atoms with Crippen molar-refractivity contribution >= 4 is 5.97 Å². The van der Waals surface area contributed by atoms with Gasteiger partial charge in [0.1, 0.15) is 0 Å². The first kappa shape index (κ1) is 23.6. The van der Waals surface area contributed by atoms with Crippen molar-refractivity contribution in [2.24, 2.45) is 11.8 Å². The molecule has 0 amide bonds. The quantitative estimate of drug-likeness (QED) is 0.433. The second-order valence-electron chi connectivity index (χ2n) is 9.49. The number of hydrogen-bond acceptors (Lipinski definition) is 9. The molecular formula is C26H32N2O7. The van der Waals surface area contributed by atoms with Gasteiger partial charge in [0, 0.05) is 17.9 Å². The van der Waals surface area contributed by atoms with Gasteiger partial charge >= 0.3 is 5.97 Å². The second-order valence-corrected chi connectivity index (χ2v) is 9.49. The van der Waals surface area contributed by atoms with E-state index in [0.29, 0.717) is 18.1 Å². The third-order valence-corrected chi connectivity index (χ3v) is 7.19. The number of carbonyl (C=O) groups is 1. The Morgan fingerprint density at radius 2 is 1.69 bits per heavy atom. The predicted molar refractivity (Wildman–Crippen MR) is 127 cm³/mol. The van der Waals surface area contributed by atoms with Crippen molar-refractivity contribution in [3.63, 3.8) is 0 Å². The molecule has 2 N–H and O–H groups in total. The second kappa shape index (κ2) is 9.47. The Hall–Kier alpha value is -3.17. The van der Waals surface area contributed by atoms with Crippen molar-refractivity contribution in [1.29, 1.82) is 0 Å². The average molecular weight is 485 g/mol. The summed E-state index contributed by atoms with van der Waals surface area (Å²) in [6.07, 6.45) is 0.978. The summed E-state index contributed by atoms with van der Waals surface area (Å²) in [6.45, 7) is 2.28. The molecule has 0 radical (unpaired) electrons. The third kappa shape index (κ3) is 4.12. The highest BCUT2D eigenvalue weighted by Crippen LogP contribution is 2.55. The van der Waals surface area contributed by atoms with Gasteiger partial charge in [0.25, 0.3) is 0 Å². The molecule has 35 heavy (non-hydrogen) atoms. The normalized spacial score (nSPS) is 24.2. The van der Waals surface area contributed by atoms with Crippen molar-refractivity contribution in [3.05, 3.63) is 41.0 Å². The third-order valence-electron chi connectivity index (χ3n) is 7.19. The Bertz CT molecular complexity index is 1090. The number of cyclic esters (lactones) is 1. The molecule has 9 heteroatoms. The van der Waals surface area contributed by atoms with Crippen molar-refractivity contribution in [3.8, 4) is 28.7 Å². The summed E-state index contributed by atoms with van der Waals surface area (Å²) in [6, 6.07) is 7.47. The van der Waals surface area contributed by atoms with E-state index in [1.807, 2.05) is 12.1 Å². The van der Waals surface area contributed by atoms with Gasteiger partial charge < -0.3 is 39.0 Å². The average Bonchev–Trinajstić information content (AvgIpc) is 3.46. The van der Waals surface area contributed by atoms with Crippen LogP contribution >= 0.6 is 0 Å². The molecule has 188 valence electrons. The SMILES string of the molecule is COc1cc([C@@H]2c3cc4c(cc3[C@@H](NCCCN(C)C)[C@H]3COC(=O)[C@H]23)OCO4)cc(OC)c1O. The fraction of sp³-hybridized carbons (Fsp3) is 0.500. The molecule has 0 saturated carbocycles. The Labute approximate surface area is 204 Å². The lowest BCUT2D eigenvalue weighted by atomic mass is 9.65. The lowest BCUT2D eigenvalue weighted by Gasteiger charge is -2.39. The van der Waals surface area contributed by atoms with Gasteiger partial charge in [-0.1, -0.05) is 0 Å². The van der Waals surface area contributed by atoms with Gasteiger partial charge in [0.15, 0.2) is 23.0 Å². The maximum Gasteiger partial charge on any atom is 0.310 e. The maximum absolute atomic E-state index is 13.2. The van der Waals surface area contributed by atoms with Crippen molar-refractivity contribution in [1.82, 2.24) is 10.2 Å². The van der Waals surface area contributed by atoms with Gasteiger partial charge in [-0.25, -0.2) is 0 Å². The van der Waals surface area contributed by atoms with Crippen LogP contribution < -0.4 is 24.3 Å². The molecule has 1 fully saturated rings. The Morgan fingerprint density at radius 3 is 2.31 bits per heavy atom. The van der Waals surface area contributed by atoms with Crippen LogP contribution in [0.4, 0.5) is 0 Å². The fourth-order valence-electron chi connectivity index (χ4n) is 5.57. The molecule has 0 spiro atoms. The highest BCUT2D eigenvalue weighted by molar-refractivity contribution is 5.79. The summed E-state index contributed by atoms with van der Waals surface area (Å²) in [7, 11) is 7.10. The van der Waals surface area contributed by atoms with Crippen LogP contribution in [0.15, 0.2) is 24.3 Å². The van der Waals surface area contributed by atoms with E-state index in [1.165, 1.54) is 14.2 Å². The lowest BCUT2D eigenvalue weighted by Crippen LogP contribution is -2.41. The molecule has 2 heterocycles. The van der Waals surface area contributed by atoms with Gasteiger partial charge in [-0.05, 0) is 74.6 Å². The van der Waals surface area contributed by atoms with Crippen LogP contribution in [-0.4, -0.2) is 70.8 Å². The Balaban J connectivity index is 1.63. The largest absolute Gasteiger partial charge is 0.502 e. The molecule has 2 aromatic rings. The predicted octanol–water partition coefficient (Wildman–Crippen LogP) is 2.66. The van der Waals surface area contributed by atoms with Crippen LogP contribution in [0, 0.1) is 11.8 Å². The van der Waals surface area contributed by atoms with E-state index in [0.717, 1.165) is 36.2 Å². The number of methoxy groups -OCH3 is 2. The zero-order chi connectivity index (χ0) is 24.7. The first-order valence-corrected chi connectivity index (χ1v) is 11.9. The fourth-order valence-corrected chi connectivity index (χ4v) is 5.57. The molecular weight excluding hydrogens is 452 g/mol. The van der Waals surface area contributed by atoms with Crippen LogP contribution in [-0.2, 0) is 9.53 Å². The molecule has 5 rings (SSSR count). The van der Waals surface area contributed by atoms with E-state index < -0.39 is 5.92 Å². The van der Waals surface area contributed by atoms with E-state index in [1.54, 1.807) is 12.1 Å². The standard InChI is InChI=1S/C26H32N2O7/c1-28(2)7-5-6-27-24-16-11-19-18(34-13-35-19)10-15(16)22(23-17(24)12-33-26(23)30)14-8-20(31-3)25(29)21(9-14)32-4/h8-11,17,22-24,27,29H,5-7,12-13H2,1-4H3/t17-,22+,23-,24+/m0/s1. The smallest absolute Gasteiger partial charge is 0.310 e. The molecule has 2 aliphatic heterocycles. The van der Waals surface area contributed by atoms with Gasteiger partial charge in [0.2, 0.25) is 12.5 Å². The highest BCUT2D eigenvalue weighted by atomic mass is 16.7. The van der Waals surface area contributed by atoms with E-state index in [9.17, 15) is 9.90 Å². The van der Waals surface area contributed by atoms with Gasteiger partial charge in [0.05, 0.1) is 26.7 Å². The Morgan fingerprint density at radius 1 is 1.03 bits per heavy atom. The number of carbonyl (C=O) groups excluding carboxylic acids is 1. The number of aromatic hydroxyl groups is 1. The summed E-state index contributed by atoms with van der Waals surface area (Å²) in [5, 5.41) is 14.2. The molecule has 0 unspecified atom stereocenters. The number of rotatable bonds is 8. The first-order valence-electron chi connectivity index (χ1n) is 11.9. The van der Waals surface area contributed by atoms with Crippen molar-refractivity contribution in [2.75, 3.05) is 54.8 Å². The van der Waals surface area contributed by atoms with Gasteiger partial charge in [-0.15, -0.1) is 0 Å². The van der Waals surface area contributed by atoms with Gasteiger partial charge in [-0.2, -0.15) is 0 Å². The summed E-state index contributed by atoms with van der Waals surface area (Å²) < 4.78 is 27.9. The lowest BCUT2D eigenvalue weighted by molar-refractivity contribution is -0.141. The molecule has 3 aliphatic rings. The van der Waals surface area contributed by atoms with E-state index in [4.69, 9.17) is 23.7 Å². The highest BCUT2D eigenvalue weighted by Gasteiger charge is 2.52. The summed E-state index contributed by atoms with van der Waals surface area (Å²) >= 11 is 0. The number of ether oxygens (including phenoxy) is 5. The summed E-state index contributed by atoms with van der Waals surface area (Å²) in [5.41, 5.74) is 2.83. The molecule has 1 aliphatic carbocycles. The number of phenolic OH excluding ortho intramolecular Hbond substituents is 1. The summed E-state index contributed by atoms with van der Waals surface area (Å²) in [4.78, 5) is 15.3. The molecule has 0 bridgehead atoms. The summed E-state index contributed by atoms with van der Waals surface area (Å²) in [5.74, 6) is 0.819. The van der Waals surface area contributed by atoms with Crippen LogP contribution in [0.3, 0.4) is 0 Å². The number of esters is 1. The molecule has 2 aromatic carbocycles. The minimum absolute atomic E-state index is 0.0643. The number of hydrogen-bond donors (Lipinski definition) is 2.